The number of aryl methyl sites for hydroxylation is 1. The molecule has 1 aromatic heterocycles. The molecule has 1 aliphatic heterocycles. The van der Waals surface area contributed by atoms with E-state index in [4.69, 9.17) is 0 Å². The first-order chi connectivity index (χ1) is 17.7. The molecule has 1 unspecified atom stereocenters. The highest BCUT2D eigenvalue weighted by atomic mass is 19.4. The molecule has 0 radical (unpaired) electrons. The lowest BCUT2D eigenvalue weighted by Crippen LogP contribution is -2.27. The quantitative estimate of drug-likeness (QED) is 0.525. The zero-order valence-electron chi connectivity index (χ0n) is 19.9. The highest BCUT2D eigenvalue weighted by Crippen LogP contribution is 2.38. The van der Waals surface area contributed by atoms with Crippen molar-refractivity contribution in [2.24, 2.45) is 7.05 Å². The molecule has 1 amide bonds. The van der Waals surface area contributed by atoms with Crippen LogP contribution in [0, 0.1) is 5.82 Å². The largest absolute Gasteiger partial charge is 0.417 e. The zero-order valence-corrected chi connectivity index (χ0v) is 19.9. The van der Waals surface area contributed by atoms with Crippen molar-refractivity contribution in [3.8, 4) is 11.3 Å². The number of hydrogen-bond donors (Lipinski definition) is 3. The first-order valence-corrected chi connectivity index (χ1v) is 11.5. The Labute approximate surface area is 210 Å². The minimum atomic E-state index is -4.84. The molecular weight excluding hydrogens is 486 g/mol. The number of aromatic nitrogens is 2. The van der Waals surface area contributed by atoms with E-state index in [0.29, 0.717) is 23.9 Å². The van der Waals surface area contributed by atoms with Crippen LogP contribution in [0.25, 0.3) is 11.3 Å². The predicted octanol–water partition coefficient (Wildman–Crippen LogP) is 4.64. The van der Waals surface area contributed by atoms with Crippen molar-refractivity contribution >= 4 is 5.91 Å². The summed E-state index contributed by atoms with van der Waals surface area (Å²) in [5, 5.41) is 13.3. The number of carbonyl (C=O) groups excluding carboxylic acids is 1. The van der Waals surface area contributed by atoms with Crippen LogP contribution in [0.5, 0.6) is 0 Å². The van der Waals surface area contributed by atoms with Crippen molar-refractivity contribution < 1.29 is 22.4 Å². The molecule has 5 rings (SSSR count). The third kappa shape index (κ3) is 4.62. The van der Waals surface area contributed by atoms with Crippen molar-refractivity contribution in [2.75, 3.05) is 7.05 Å². The molecule has 10 heteroatoms. The van der Waals surface area contributed by atoms with Gasteiger partial charge in [0.1, 0.15) is 5.82 Å². The van der Waals surface area contributed by atoms with Gasteiger partial charge in [0.2, 0.25) is 0 Å². The summed E-state index contributed by atoms with van der Waals surface area (Å²) in [6.07, 6.45) is 10.6. The second-order valence-electron chi connectivity index (χ2n) is 8.76. The Bertz CT molecular complexity index is 1470. The van der Waals surface area contributed by atoms with Gasteiger partial charge in [-0.25, -0.2) is 4.39 Å². The van der Waals surface area contributed by atoms with E-state index in [0.717, 1.165) is 22.9 Å². The van der Waals surface area contributed by atoms with Gasteiger partial charge in [-0.3, -0.25) is 9.48 Å². The first kappa shape index (κ1) is 24.4. The van der Waals surface area contributed by atoms with Crippen molar-refractivity contribution in [1.29, 1.82) is 0 Å². The molecule has 2 aromatic rings. The molecule has 3 aliphatic rings. The van der Waals surface area contributed by atoms with Gasteiger partial charge in [-0.15, -0.1) is 0 Å². The molecule has 0 spiro atoms. The van der Waals surface area contributed by atoms with Crippen LogP contribution >= 0.6 is 0 Å². The van der Waals surface area contributed by atoms with Gasteiger partial charge in [0.25, 0.3) is 5.91 Å². The molecule has 2 aliphatic carbocycles. The maximum Gasteiger partial charge on any atom is 0.417 e. The normalized spacial score (nSPS) is 20.6. The molecule has 2 heterocycles. The summed E-state index contributed by atoms with van der Waals surface area (Å²) < 4.78 is 57.6. The van der Waals surface area contributed by atoms with E-state index in [1.807, 2.05) is 42.5 Å². The van der Waals surface area contributed by atoms with Crippen LogP contribution in [-0.4, -0.2) is 28.8 Å². The highest BCUT2D eigenvalue weighted by molar-refractivity contribution is 5.98. The summed E-state index contributed by atoms with van der Waals surface area (Å²) in [6.45, 7) is 0. The van der Waals surface area contributed by atoms with E-state index < -0.39 is 29.0 Å². The summed E-state index contributed by atoms with van der Waals surface area (Å²) in [5.74, 6) is -2.14. The highest BCUT2D eigenvalue weighted by Gasteiger charge is 2.37. The van der Waals surface area contributed by atoms with Gasteiger partial charge in [-0.1, -0.05) is 30.4 Å². The molecule has 37 heavy (non-hydrogen) atoms. The van der Waals surface area contributed by atoms with Gasteiger partial charge in [0.15, 0.2) is 0 Å². The number of rotatable bonds is 4. The van der Waals surface area contributed by atoms with Crippen LogP contribution in [-0.2, 0) is 13.2 Å². The van der Waals surface area contributed by atoms with E-state index >= 15 is 4.39 Å². The lowest BCUT2D eigenvalue weighted by molar-refractivity contribution is -0.137. The van der Waals surface area contributed by atoms with E-state index in [1.165, 1.54) is 16.9 Å². The van der Waals surface area contributed by atoms with Crippen LogP contribution in [0.2, 0.25) is 0 Å². The number of alkyl halides is 3. The fourth-order valence-corrected chi connectivity index (χ4v) is 4.51. The Morgan fingerprint density at radius 1 is 1.22 bits per heavy atom. The summed E-state index contributed by atoms with van der Waals surface area (Å²) in [5.41, 5.74) is 1.47. The number of carbonyl (C=O) groups is 1. The Morgan fingerprint density at radius 3 is 2.68 bits per heavy atom. The number of hydrogen-bond acceptors (Lipinski definition) is 4. The number of benzene rings is 1. The molecule has 1 aromatic carbocycles. The molecule has 0 fully saturated rings. The molecule has 190 valence electrons. The number of nitrogens with one attached hydrogen (secondary N) is 3. The molecule has 0 saturated carbocycles. The van der Waals surface area contributed by atoms with E-state index in [9.17, 15) is 18.0 Å². The minimum absolute atomic E-state index is 0.0190. The lowest BCUT2D eigenvalue weighted by atomic mass is 9.98. The Balaban J connectivity index is 1.59. The number of amides is 1. The number of nitrogens with zero attached hydrogens (tertiary/aromatic N) is 2. The molecular formula is C27H23F4N5O. The van der Waals surface area contributed by atoms with Gasteiger partial charge >= 0.3 is 6.18 Å². The van der Waals surface area contributed by atoms with Crippen LogP contribution in [0.1, 0.15) is 22.3 Å². The number of allylic oxidation sites excluding steroid dienone is 6. The van der Waals surface area contributed by atoms with E-state index in [1.54, 1.807) is 14.1 Å². The van der Waals surface area contributed by atoms with Crippen molar-refractivity contribution in [3.63, 3.8) is 0 Å². The van der Waals surface area contributed by atoms with Crippen LogP contribution in [0.15, 0.2) is 95.2 Å². The number of likely N-dealkylation sites (N-methyl/N-ethyl adjacent to an activating group) is 1. The average molecular weight is 510 g/mol. The molecule has 6 nitrogen and oxygen atoms in total. The predicted molar refractivity (Wildman–Crippen MR) is 131 cm³/mol. The molecule has 3 N–H and O–H groups in total. The standard InChI is InChI=1S/C27H23F4N5O/c1-32-16-8-9-22-19(12-16)25(24(33-22)15-6-4-3-5-7-15)34-26(37)18-13-17(23-10-11-36(2)35-23)20(14-21(18)28)27(29,30)31/h3-6,8-14,22,32-33H,7H2,1-2H3,(H,34,37). The maximum absolute atomic E-state index is 15.0. The average Bonchev–Trinajstić information content (AvgIpc) is 3.47. The van der Waals surface area contributed by atoms with Gasteiger partial charge in [-0.2, -0.15) is 18.3 Å². The smallest absolute Gasteiger partial charge is 0.388 e. The number of fused-ring (bicyclic) bond motifs is 1. The van der Waals surface area contributed by atoms with Crippen LogP contribution in [0.4, 0.5) is 17.6 Å². The van der Waals surface area contributed by atoms with Crippen molar-refractivity contribution in [3.05, 3.63) is 112 Å². The first-order valence-electron chi connectivity index (χ1n) is 11.5. The Kier molecular flexibility index (Phi) is 6.10. The van der Waals surface area contributed by atoms with Crippen molar-refractivity contribution in [2.45, 2.75) is 18.6 Å². The topological polar surface area (TPSA) is 71.0 Å². The van der Waals surface area contributed by atoms with E-state index in [2.05, 4.69) is 21.0 Å². The van der Waals surface area contributed by atoms with Gasteiger partial charge in [0.05, 0.1) is 34.3 Å². The summed E-state index contributed by atoms with van der Waals surface area (Å²) in [4.78, 5) is 13.4. The van der Waals surface area contributed by atoms with Crippen LogP contribution in [0.3, 0.4) is 0 Å². The van der Waals surface area contributed by atoms with Crippen molar-refractivity contribution in [1.82, 2.24) is 25.7 Å². The third-order valence-corrected chi connectivity index (χ3v) is 6.33. The van der Waals surface area contributed by atoms with Gasteiger partial charge < -0.3 is 16.0 Å². The molecule has 0 bridgehead atoms. The summed E-state index contributed by atoms with van der Waals surface area (Å²) >= 11 is 0. The van der Waals surface area contributed by atoms with Gasteiger partial charge in [0, 0.05) is 37.1 Å². The lowest BCUT2D eigenvalue weighted by Gasteiger charge is -2.16. The minimum Gasteiger partial charge on any atom is -0.388 e. The fourth-order valence-electron chi connectivity index (χ4n) is 4.51. The van der Waals surface area contributed by atoms with Gasteiger partial charge in [-0.05, 0) is 42.3 Å². The summed E-state index contributed by atoms with van der Waals surface area (Å²) in [7, 11) is 3.32. The zero-order chi connectivity index (χ0) is 26.3. The number of halogens is 4. The fraction of sp³-hybridized carbons (Fsp3) is 0.185. The molecule has 0 saturated heterocycles. The maximum atomic E-state index is 15.0. The Hall–Kier alpha value is -4.34. The summed E-state index contributed by atoms with van der Waals surface area (Å²) in [6, 6.07) is 2.41. The SMILES string of the molecule is CNC1=CC2=C(NC(=O)c3cc(-c4ccn(C)n4)c(C(F)(F)F)cc3F)C(=C3C=CC=CC3)NC2C=C1. The van der Waals surface area contributed by atoms with E-state index in [-0.39, 0.29) is 17.3 Å². The third-order valence-electron chi connectivity index (χ3n) is 6.33. The Morgan fingerprint density at radius 2 is 2.03 bits per heavy atom. The van der Waals surface area contributed by atoms with Crippen LogP contribution < -0.4 is 16.0 Å². The second kappa shape index (κ2) is 9.27. The molecule has 1 atom stereocenters. The monoisotopic (exact) mass is 509 g/mol. The second-order valence-corrected chi connectivity index (χ2v) is 8.76.